The van der Waals surface area contributed by atoms with E-state index in [-0.39, 0.29) is 29.9 Å². The van der Waals surface area contributed by atoms with E-state index in [9.17, 15) is 4.79 Å². The van der Waals surface area contributed by atoms with Gasteiger partial charge in [-0.3, -0.25) is 9.79 Å². The van der Waals surface area contributed by atoms with E-state index in [0.717, 1.165) is 47.9 Å². The quantitative estimate of drug-likeness (QED) is 0.342. The van der Waals surface area contributed by atoms with E-state index in [4.69, 9.17) is 4.74 Å². The van der Waals surface area contributed by atoms with Crippen molar-refractivity contribution >= 4 is 41.5 Å². The van der Waals surface area contributed by atoms with E-state index >= 15 is 0 Å². The lowest BCUT2D eigenvalue weighted by atomic mass is 10.1. The van der Waals surface area contributed by atoms with E-state index in [1.807, 2.05) is 30.0 Å². The Morgan fingerprint density at radius 2 is 1.83 bits per heavy atom. The lowest BCUT2D eigenvalue weighted by Gasteiger charge is -2.26. The number of benzene rings is 2. The molecule has 0 aromatic heterocycles. The Bertz CT molecular complexity index is 868. The number of hydrogen-bond donors (Lipinski definition) is 2. The van der Waals surface area contributed by atoms with Crippen LogP contribution >= 0.6 is 24.0 Å². The van der Waals surface area contributed by atoms with Crippen LogP contribution in [-0.2, 0) is 17.9 Å². The van der Waals surface area contributed by atoms with E-state index in [1.54, 1.807) is 14.2 Å². The van der Waals surface area contributed by atoms with Crippen molar-refractivity contribution < 1.29 is 9.53 Å². The molecule has 30 heavy (non-hydrogen) atoms. The van der Waals surface area contributed by atoms with Gasteiger partial charge in [0, 0.05) is 44.4 Å². The molecule has 2 aromatic carbocycles. The van der Waals surface area contributed by atoms with Gasteiger partial charge in [0.2, 0.25) is 5.91 Å². The van der Waals surface area contributed by atoms with Gasteiger partial charge in [-0.05, 0) is 49.1 Å². The zero-order valence-corrected chi connectivity index (χ0v) is 20.2. The standard InChI is InChI=1S/C23H30N4O2.HI/c1-17-7-10-19(21(14-17)29-3)16-26-23(24-2)25-15-18-8-11-20(12-9-18)27-13-5-4-6-22(27)28;/h7-12,14H,4-6,13,15-16H2,1-3H3,(H2,24,25,26);1H. The molecule has 1 saturated heterocycles. The van der Waals surface area contributed by atoms with Crippen molar-refractivity contribution in [1.82, 2.24) is 10.6 Å². The second-order valence-corrected chi connectivity index (χ2v) is 7.26. The molecule has 1 fully saturated rings. The molecule has 0 unspecified atom stereocenters. The summed E-state index contributed by atoms with van der Waals surface area (Å²) in [6.07, 6.45) is 2.72. The average Bonchev–Trinajstić information content (AvgIpc) is 2.75. The largest absolute Gasteiger partial charge is 0.496 e. The van der Waals surface area contributed by atoms with Gasteiger partial charge >= 0.3 is 0 Å². The van der Waals surface area contributed by atoms with Gasteiger partial charge in [-0.15, -0.1) is 24.0 Å². The molecule has 1 amide bonds. The van der Waals surface area contributed by atoms with Crippen molar-refractivity contribution in [2.45, 2.75) is 39.3 Å². The van der Waals surface area contributed by atoms with Crippen LogP contribution in [0.3, 0.4) is 0 Å². The minimum absolute atomic E-state index is 0. The molecule has 0 saturated carbocycles. The molecule has 6 nitrogen and oxygen atoms in total. The Balaban J connectivity index is 0.00000320. The topological polar surface area (TPSA) is 66.0 Å². The van der Waals surface area contributed by atoms with E-state index in [0.29, 0.717) is 19.5 Å². The number of aryl methyl sites for hydroxylation is 1. The van der Waals surface area contributed by atoms with Crippen LogP contribution in [0.1, 0.15) is 36.0 Å². The van der Waals surface area contributed by atoms with Crippen LogP contribution in [0.2, 0.25) is 0 Å². The van der Waals surface area contributed by atoms with Crippen molar-refractivity contribution in [2.75, 3.05) is 25.6 Å². The number of hydrogen-bond acceptors (Lipinski definition) is 3. The summed E-state index contributed by atoms with van der Waals surface area (Å²) in [5.74, 6) is 1.82. The molecule has 0 radical (unpaired) electrons. The van der Waals surface area contributed by atoms with Crippen LogP contribution < -0.4 is 20.3 Å². The predicted octanol–water partition coefficient (Wildman–Crippen LogP) is 4.00. The molecule has 3 rings (SSSR count). The lowest BCUT2D eigenvalue weighted by molar-refractivity contribution is -0.119. The molecule has 2 N–H and O–H groups in total. The SMILES string of the molecule is CN=C(NCc1ccc(N2CCCCC2=O)cc1)NCc1ccc(C)cc1OC.I. The van der Waals surface area contributed by atoms with E-state index in [1.165, 1.54) is 5.56 Å². The number of piperidine rings is 1. The molecule has 1 aliphatic rings. The fraction of sp³-hybridized carbons (Fsp3) is 0.391. The number of methoxy groups -OCH3 is 1. The van der Waals surface area contributed by atoms with Crippen molar-refractivity contribution in [3.8, 4) is 5.75 Å². The molecule has 1 heterocycles. The van der Waals surface area contributed by atoms with Gasteiger partial charge in [0.1, 0.15) is 5.75 Å². The third kappa shape index (κ3) is 6.35. The van der Waals surface area contributed by atoms with E-state index in [2.05, 4.69) is 39.9 Å². The smallest absolute Gasteiger partial charge is 0.226 e. The summed E-state index contributed by atoms with van der Waals surface area (Å²) in [4.78, 5) is 18.2. The molecule has 0 spiro atoms. The van der Waals surface area contributed by atoms with Crippen LogP contribution in [0, 0.1) is 6.92 Å². The van der Waals surface area contributed by atoms with Crippen LogP contribution in [0.5, 0.6) is 5.75 Å². The molecular formula is C23H31IN4O2. The lowest BCUT2D eigenvalue weighted by Crippen LogP contribution is -2.36. The average molecular weight is 522 g/mol. The number of nitrogens with zero attached hydrogens (tertiary/aromatic N) is 2. The van der Waals surface area contributed by atoms with Gasteiger partial charge in [-0.2, -0.15) is 0 Å². The first kappa shape index (κ1) is 24.0. The number of guanidine groups is 1. The maximum atomic E-state index is 12.1. The first-order chi connectivity index (χ1) is 14.1. The fourth-order valence-electron chi connectivity index (χ4n) is 3.46. The fourth-order valence-corrected chi connectivity index (χ4v) is 3.46. The number of aliphatic imine (C=N–C) groups is 1. The van der Waals surface area contributed by atoms with Gasteiger partial charge in [0.25, 0.3) is 0 Å². The number of halogens is 1. The van der Waals surface area contributed by atoms with Crippen LogP contribution in [0.25, 0.3) is 0 Å². The highest BCUT2D eigenvalue weighted by atomic mass is 127. The second-order valence-electron chi connectivity index (χ2n) is 7.26. The summed E-state index contributed by atoms with van der Waals surface area (Å²) < 4.78 is 5.46. The van der Waals surface area contributed by atoms with Gasteiger partial charge < -0.3 is 20.3 Å². The number of carbonyl (C=O) groups is 1. The van der Waals surface area contributed by atoms with Gasteiger partial charge in [-0.1, -0.05) is 24.3 Å². The number of nitrogens with one attached hydrogen (secondary N) is 2. The highest BCUT2D eigenvalue weighted by Crippen LogP contribution is 2.21. The highest BCUT2D eigenvalue weighted by Gasteiger charge is 2.19. The Kier molecular flexibility index (Phi) is 9.42. The minimum Gasteiger partial charge on any atom is -0.496 e. The molecule has 0 aliphatic carbocycles. The number of rotatable bonds is 6. The second kappa shape index (κ2) is 11.8. The molecule has 1 aliphatic heterocycles. The van der Waals surface area contributed by atoms with Crippen LogP contribution in [0.15, 0.2) is 47.5 Å². The zero-order valence-electron chi connectivity index (χ0n) is 17.9. The molecule has 0 bridgehead atoms. The van der Waals surface area contributed by atoms with E-state index < -0.39 is 0 Å². The van der Waals surface area contributed by atoms with Crippen LogP contribution in [-0.4, -0.2) is 32.6 Å². The monoisotopic (exact) mass is 522 g/mol. The third-order valence-corrected chi connectivity index (χ3v) is 5.14. The normalized spacial score (nSPS) is 14.2. The minimum atomic E-state index is 0. The van der Waals surface area contributed by atoms with Crippen molar-refractivity contribution in [2.24, 2.45) is 4.99 Å². The number of anilines is 1. The summed E-state index contributed by atoms with van der Waals surface area (Å²) in [5.41, 5.74) is 4.36. The summed E-state index contributed by atoms with van der Waals surface area (Å²) >= 11 is 0. The van der Waals surface area contributed by atoms with Crippen molar-refractivity contribution in [3.63, 3.8) is 0 Å². The molecule has 162 valence electrons. The zero-order chi connectivity index (χ0) is 20.6. The maximum absolute atomic E-state index is 12.1. The maximum Gasteiger partial charge on any atom is 0.226 e. The summed E-state index contributed by atoms with van der Waals surface area (Å²) in [5, 5.41) is 6.66. The predicted molar refractivity (Wildman–Crippen MR) is 133 cm³/mol. The summed E-state index contributed by atoms with van der Waals surface area (Å²) in [7, 11) is 3.44. The van der Waals surface area contributed by atoms with Gasteiger partial charge in [0.05, 0.1) is 7.11 Å². The number of ether oxygens (including phenoxy) is 1. The molecule has 0 atom stereocenters. The molecular weight excluding hydrogens is 491 g/mol. The highest BCUT2D eigenvalue weighted by molar-refractivity contribution is 14.0. The number of amides is 1. The summed E-state index contributed by atoms with van der Waals surface area (Å²) in [6, 6.07) is 14.3. The Hall–Kier alpha value is -2.29. The molecule has 2 aromatic rings. The van der Waals surface area contributed by atoms with Crippen molar-refractivity contribution in [1.29, 1.82) is 0 Å². The van der Waals surface area contributed by atoms with Crippen LogP contribution in [0.4, 0.5) is 5.69 Å². The Morgan fingerprint density at radius 1 is 1.10 bits per heavy atom. The molecule has 7 heteroatoms. The summed E-state index contributed by atoms with van der Waals surface area (Å²) in [6.45, 7) is 4.14. The Morgan fingerprint density at radius 3 is 2.50 bits per heavy atom. The first-order valence-corrected chi connectivity index (χ1v) is 10.1. The van der Waals surface area contributed by atoms with Gasteiger partial charge in [0.15, 0.2) is 5.96 Å². The Labute approximate surface area is 196 Å². The first-order valence-electron chi connectivity index (χ1n) is 10.1. The van der Waals surface area contributed by atoms with Crippen molar-refractivity contribution in [3.05, 3.63) is 59.2 Å². The third-order valence-electron chi connectivity index (χ3n) is 5.14. The van der Waals surface area contributed by atoms with Gasteiger partial charge in [-0.25, -0.2) is 0 Å². The number of carbonyl (C=O) groups excluding carboxylic acids is 1.